The van der Waals surface area contributed by atoms with Gasteiger partial charge in [0.05, 0.1) is 11.6 Å². The summed E-state index contributed by atoms with van der Waals surface area (Å²) in [5.74, 6) is 0.339. The summed E-state index contributed by atoms with van der Waals surface area (Å²) in [5.41, 5.74) is 1.45. The van der Waals surface area contributed by atoms with Gasteiger partial charge in [-0.2, -0.15) is 0 Å². The second-order valence-electron chi connectivity index (χ2n) is 7.83. The van der Waals surface area contributed by atoms with Gasteiger partial charge in [-0.15, -0.1) is 0 Å². The summed E-state index contributed by atoms with van der Waals surface area (Å²) in [6.45, 7) is 5.90. The quantitative estimate of drug-likeness (QED) is 0.452. The molecule has 0 spiro atoms. The number of methoxy groups -OCH3 is 1. The largest absolute Gasteiger partial charge is 0.493 e. The predicted octanol–water partition coefficient (Wildman–Crippen LogP) is 4.67. The molecule has 0 aromatic heterocycles. The summed E-state index contributed by atoms with van der Waals surface area (Å²) in [6.07, 6.45) is 0.709. The first-order chi connectivity index (χ1) is 15.2. The fraction of sp³-hybridized carbons (Fsp3) is 0.391. The SMILES string of the molecule is COc1cc(C=O)c(Br)c(Br)c1OCC(=O)N1C[C@@H](C)N(Cc2ccc(F)cc2)C[C@@H]1C. The van der Waals surface area contributed by atoms with Crippen molar-refractivity contribution < 1.29 is 23.5 Å². The van der Waals surface area contributed by atoms with Crippen LogP contribution in [0.2, 0.25) is 0 Å². The molecule has 1 heterocycles. The van der Waals surface area contributed by atoms with E-state index in [1.54, 1.807) is 18.2 Å². The van der Waals surface area contributed by atoms with Crippen molar-refractivity contribution in [3.8, 4) is 11.5 Å². The molecule has 1 amide bonds. The molecule has 2 aromatic rings. The van der Waals surface area contributed by atoms with Crippen LogP contribution in [0.4, 0.5) is 4.39 Å². The van der Waals surface area contributed by atoms with Gasteiger partial charge < -0.3 is 14.4 Å². The zero-order chi connectivity index (χ0) is 23.4. The average Bonchev–Trinajstić information content (AvgIpc) is 2.78. The molecule has 32 heavy (non-hydrogen) atoms. The van der Waals surface area contributed by atoms with Gasteiger partial charge in [-0.1, -0.05) is 12.1 Å². The number of hydrogen-bond acceptors (Lipinski definition) is 5. The van der Waals surface area contributed by atoms with Crippen LogP contribution in [0.1, 0.15) is 29.8 Å². The van der Waals surface area contributed by atoms with Crippen LogP contribution in [0.15, 0.2) is 39.3 Å². The van der Waals surface area contributed by atoms with E-state index in [9.17, 15) is 14.0 Å². The van der Waals surface area contributed by atoms with Gasteiger partial charge in [0.1, 0.15) is 5.82 Å². The summed E-state index contributed by atoms with van der Waals surface area (Å²) in [6, 6.07) is 8.20. The van der Waals surface area contributed by atoms with Crippen LogP contribution < -0.4 is 9.47 Å². The van der Waals surface area contributed by atoms with E-state index < -0.39 is 0 Å². The van der Waals surface area contributed by atoms with E-state index >= 15 is 0 Å². The van der Waals surface area contributed by atoms with Gasteiger partial charge in [0.25, 0.3) is 5.91 Å². The third-order valence-electron chi connectivity index (χ3n) is 5.58. The highest BCUT2D eigenvalue weighted by Crippen LogP contribution is 2.42. The molecule has 2 atom stereocenters. The minimum absolute atomic E-state index is 0.00254. The highest BCUT2D eigenvalue weighted by Gasteiger charge is 2.32. The first-order valence-electron chi connectivity index (χ1n) is 10.2. The Morgan fingerprint density at radius 2 is 1.84 bits per heavy atom. The van der Waals surface area contributed by atoms with Crippen LogP contribution in [0.25, 0.3) is 0 Å². The maximum absolute atomic E-state index is 13.2. The van der Waals surface area contributed by atoms with Crippen LogP contribution in [0.3, 0.4) is 0 Å². The Morgan fingerprint density at radius 3 is 2.47 bits per heavy atom. The van der Waals surface area contributed by atoms with Gasteiger partial charge >= 0.3 is 0 Å². The van der Waals surface area contributed by atoms with Crippen LogP contribution >= 0.6 is 31.9 Å². The Morgan fingerprint density at radius 1 is 1.16 bits per heavy atom. The summed E-state index contributed by atoms with van der Waals surface area (Å²) in [4.78, 5) is 28.3. The van der Waals surface area contributed by atoms with E-state index in [1.807, 2.05) is 11.8 Å². The number of carbonyl (C=O) groups is 2. The maximum atomic E-state index is 13.2. The minimum Gasteiger partial charge on any atom is -0.493 e. The second kappa shape index (κ2) is 10.8. The highest BCUT2D eigenvalue weighted by atomic mass is 79.9. The van der Waals surface area contributed by atoms with Crippen molar-refractivity contribution in [2.75, 3.05) is 26.8 Å². The molecular formula is C23H25Br2FN2O4. The first kappa shape index (κ1) is 24.7. The molecule has 0 saturated carbocycles. The lowest BCUT2D eigenvalue weighted by Crippen LogP contribution is -2.58. The van der Waals surface area contributed by atoms with Gasteiger partial charge in [0.2, 0.25) is 0 Å². The minimum atomic E-state index is -0.248. The van der Waals surface area contributed by atoms with Crippen LogP contribution in [0.5, 0.6) is 11.5 Å². The van der Waals surface area contributed by atoms with Crippen molar-refractivity contribution in [2.24, 2.45) is 0 Å². The van der Waals surface area contributed by atoms with E-state index in [-0.39, 0.29) is 30.4 Å². The van der Waals surface area contributed by atoms with Gasteiger partial charge in [-0.25, -0.2) is 4.39 Å². The number of hydrogen-bond donors (Lipinski definition) is 0. The Labute approximate surface area is 203 Å². The van der Waals surface area contributed by atoms with Crippen molar-refractivity contribution in [3.05, 3.63) is 56.2 Å². The monoisotopic (exact) mass is 570 g/mol. The number of amides is 1. The van der Waals surface area contributed by atoms with Crippen molar-refractivity contribution in [1.82, 2.24) is 9.80 Å². The predicted molar refractivity (Wildman–Crippen MR) is 127 cm³/mol. The van der Waals surface area contributed by atoms with Gasteiger partial charge in [-0.3, -0.25) is 14.5 Å². The maximum Gasteiger partial charge on any atom is 0.260 e. The second-order valence-corrected chi connectivity index (χ2v) is 9.42. The zero-order valence-corrected chi connectivity index (χ0v) is 21.3. The Hall–Kier alpha value is -1.97. The van der Waals surface area contributed by atoms with Crippen LogP contribution in [0, 0.1) is 5.82 Å². The van der Waals surface area contributed by atoms with Crippen LogP contribution in [-0.2, 0) is 11.3 Å². The van der Waals surface area contributed by atoms with Crippen molar-refractivity contribution >= 4 is 44.1 Å². The summed E-state index contributed by atoms with van der Waals surface area (Å²) in [7, 11) is 1.48. The molecule has 3 rings (SSSR count). The fourth-order valence-electron chi connectivity index (χ4n) is 3.78. The van der Waals surface area contributed by atoms with Gasteiger partial charge in [0, 0.05) is 41.8 Å². The molecule has 9 heteroatoms. The topological polar surface area (TPSA) is 59.1 Å². The normalized spacial score (nSPS) is 19.0. The van der Waals surface area contributed by atoms with Gasteiger partial charge in [-0.05, 0) is 69.5 Å². The van der Waals surface area contributed by atoms with Crippen LogP contribution in [-0.4, -0.2) is 60.9 Å². The summed E-state index contributed by atoms with van der Waals surface area (Å²) in [5, 5.41) is 0. The summed E-state index contributed by atoms with van der Waals surface area (Å²) >= 11 is 6.77. The molecule has 1 aliphatic heterocycles. The smallest absolute Gasteiger partial charge is 0.260 e. The summed E-state index contributed by atoms with van der Waals surface area (Å²) < 4.78 is 25.4. The number of piperazine rings is 1. The molecule has 0 unspecified atom stereocenters. The average molecular weight is 572 g/mol. The Balaban J connectivity index is 1.65. The number of carbonyl (C=O) groups excluding carboxylic acids is 2. The lowest BCUT2D eigenvalue weighted by atomic mass is 10.1. The molecule has 0 bridgehead atoms. The number of ether oxygens (including phenoxy) is 2. The first-order valence-corrected chi connectivity index (χ1v) is 11.8. The van der Waals surface area contributed by atoms with E-state index in [2.05, 4.69) is 43.7 Å². The molecule has 0 N–H and O–H groups in total. The lowest BCUT2D eigenvalue weighted by molar-refractivity contribution is -0.139. The molecule has 0 aliphatic carbocycles. The van der Waals surface area contributed by atoms with E-state index in [0.29, 0.717) is 51.9 Å². The van der Waals surface area contributed by atoms with E-state index in [1.165, 1.54) is 19.2 Å². The number of aldehydes is 1. The molecule has 1 aliphatic rings. The standard InChI is InChI=1S/C23H25Br2FN2O4/c1-14-10-28(15(2)9-27(14)11-16-4-6-18(26)7-5-16)20(30)13-32-23-19(31-3)8-17(12-29)21(24)22(23)25/h4-8,12,14-15H,9-11,13H2,1-3H3/t14-,15+/m1/s1. The number of benzene rings is 2. The molecule has 1 fully saturated rings. The molecule has 1 saturated heterocycles. The lowest BCUT2D eigenvalue weighted by Gasteiger charge is -2.44. The Bertz CT molecular complexity index is 987. The fourth-order valence-corrected chi connectivity index (χ4v) is 4.71. The van der Waals surface area contributed by atoms with Gasteiger partial charge in [0.15, 0.2) is 24.4 Å². The molecule has 0 radical (unpaired) electrons. The van der Waals surface area contributed by atoms with E-state index in [4.69, 9.17) is 9.47 Å². The number of halogens is 3. The third kappa shape index (κ3) is 5.50. The molecule has 172 valence electrons. The van der Waals surface area contributed by atoms with Crippen molar-refractivity contribution in [2.45, 2.75) is 32.5 Å². The highest BCUT2D eigenvalue weighted by molar-refractivity contribution is 9.13. The van der Waals surface area contributed by atoms with E-state index in [0.717, 1.165) is 5.56 Å². The number of nitrogens with zero attached hydrogens (tertiary/aromatic N) is 2. The number of rotatable bonds is 7. The van der Waals surface area contributed by atoms with Crippen molar-refractivity contribution in [1.29, 1.82) is 0 Å². The van der Waals surface area contributed by atoms with Crippen molar-refractivity contribution in [3.63, 3.8) is 0 Å². The molecular weight excluding hydrogens is 547 g/mol. The molecule has 2 aromatic carbocycles. The Kier molecular flexibility index (Phi) is 8.30. The molecule has 6 nitrogen and oxygen atoms in total. The third-order valence-corrected chi connectivity index (χ3v) is 7.72. The zero-order valence-electron chi connectivity index (χ0n) is 18.1.